The highest BCUT2D eigenvalue weighted by Crippen LogP contribution is 2.28. The monoisotopic (exact) mass is 484 g/mol. The van der Waals surface area contributed by atoms with Gasteiger partial charge in [-0.25, -0.2) is 8.42 Å². The molecule has 0 spiro atoms. The highest BCUT2D eigenvalue weighted by atomic mass is 32.2. The molecular weight excluding hydrogens is 448 g/mol. The third-order valence-corrected chi connectivity index (χ3v) is 9.17. The Bertz CT molecular complexity index is 1060. The lowest BCUT2D eigenvalue weighted by molar-refractivity contribution is -0.117. The second kappa shape index (κ2) is 11.1. The zero-order valence-corrected chi connectivity index (χ0v) is 20.8. The van der Waals surface area contributed by atoms with Crippen LogP contribution in [0.5, 0.6) is 0 Å². The van der Waals surface area contributed by atoms with Crippen LogP contribution in [-0.4, -0.2) is 60.7 Å². The number of Topliss-reactive ketones (excluding diaryl/α,β-unsaturated/α-hetero) is 1. The minimum absolute atomic E-state index is 0.0147. The van der Waals surface area contributed by atoms with Crippen molar-refractivity contribution in [3.8, 4) is 0 Å². The number of carbonyl (C=O) groups is 1. The van der Waals surface area contributed by atoms with Crippen molar-refractivity contribution < 1.29 is 18.3 Å². The fraction of sp³-hybridized carbons (Fsp3) is 0.519. The van der Waals surface area contributed by atoms with Crippen molar-refractivity contribution in [3.63, 3.8) is 0 Å². The first-order valence-electron chi connectivity index (χ1n) is 12.4. The Morgan fingerprint density at radius 3 is 2.03 bits per heavy atom. The Morgan fingerprint density at radius 1 is 0.882 bits per heavy atom. The fourth-order valence-electron chi connectivity index (χ4n) is 5.05. The Morgan fingerprint density at radius 2 is 1.44 bits per heavy atom. The van der Waals surface area contributed by atoms with Crippen LogP contribution in [0.2, 0.25) is 0 Å². The highest BCUT2D eigenvalue weighted by molar-refractivity contribution is 7.89. The van der Waals surface area contributed by atoms with Gasteiger partial charge in [-0.1, -0.05) is 43.3 Å². The number of aliphatic hydroxyl groups is 1. The molecule has 0 unspecified atom stereocenters. The zero-order chi connectivity index (χ0) is 24.1. The van der Waals surface area contributed by atoms with Crippen molar-refractivity contribution in [1.82, 2.24) is 9.21 Å². The first kappa shape index (κ1) is 25.0. The number of ketones is 1. The largest absolute Gasteiger partial charge is 0.392 e. The second-order valence-electron chi connectivity index (χ2n) is 9.91. The fourth-order valence-corrected chi connectivity index (χ4v) is 6.73. The Labute approximate surface area is 203 Å². The van der Waals surface area contributed by atoms with Crippen LogP contribution in [0.25, 0.3) is 0 Å². The number of sulfonamides is 1. The molecule has 0 saturated carbocycles. The Balaban J connectivity index is 1.36. The smallest absolute Gasteiger partial charge is 0.243 e. The molecule has 2 saturated heterocycles. The molecule has 1 N–H and O–H groups in total. The summed E-state index contributed by atoms with van der Waals surface area (Å²) in [6.45, 7) is 5.78. The van der Waals surface area contributed by atoms with Crippen molar-refractivity contribution in [1.29, 1.82) is 0 Å². The highest BCUT2D eigenvalue weighted by Gasteiger charge is 2.36. The number of hydrogen-bond donors (Lipinski definition) is 1. The third-order valence-electron chi connectivity index (χ3n) is 7.21. The van der Waals surface area contributed by atoms with Gasteiger partial charge in [-0.05, 0) is 73.5 Å². The standard InChI is InChI=1S/C27H36N2O4S/c1-21-12-15-28(16-13-21)19-25-3-2-14-29(25)34(32,33)27-10-8-23(9-11-27)18-26(31)17-22-4-6-24(20-30)7-5-22/h4-11,21,25,30H,2-3,12-20H2,1H3/t25-/m1/s1. The first-order valence-corrected chi connectivity index (χ1v) is 13.8. The van der Waals surface area contributed by atoms with Crippen molar-refractivity contribution in [3.05, 3.63) is 65.2 Å². The SMILES string of the molecule is CC1CCN(C[C@H]2CCCN2S(=O)(=O)c2ccc(CC(=O)Cc3ccc(CO)cc3)cc2)CC1. The van der Waals surface area contributed by atoms with E-state index in [1.165, 1.54) is 12.8 Å². The van der Waals surface area contributed by atoms with Gasteiger partial charge < -0.3 is 10.0 Å². The molecule has 0 bridgehead atoms. The van der Waals surface area contributed by atoms with Gasteiger partial charge in [0.05, 0.1) is 11.5 Å². The van der Waals surface area contributed by atoms with E-state index in [2.05, 4.69) is 11.8 Å². The van der Waals surface area contributed by atoms with E-state index in [0.29, 0.717) is 17.9 Å². The van der Waals surface area contributed by atoms with Crippen LogP contribution >= 0.6 is 0 Å². The molecule has 2 fully saturated rings. The van der Waals surface area contributed by atoms with Crippen LogP contribution in [0.15, 0.2) is 53.4 Å². The van der Waals surface area contributed by atoms with Gasteiger partial charge in [0.1, 0.15) is 5.78 Å². The molecule has 184 valence electrons. The molecule has 2 aromatic carbocycles. The number of piperidine rings is 1. The molecule has 0 radical (unpaired) electrons. The predicted molar refractivity (Wildman–Crippen MR) is 133 cm³/mol. The molecule has 4 rings (SSSR count). The lowest BCUT2D eigenvalue weighted by Gasteiger charge is -2.34. The summed E-state index contributed by atoms with van der Waals surface area (Å²) in [6, 6.07) is 14.2. The molecule has 7 heteroatoms. The maximum atomic E-state index is 13.4. The second-order valence-corrected chi connectivity index (χ2v) is 11.8. The summed E-state index contributed by atoms with van der Waals surface area (Å²) in [6.07, 6.45) is 4.77. The summed E-state index contributed by atoms with van der Waals surface area (Å²) in [5.74, 6) is 0.833. The van der Waals surface area contributed by atoms with Crippen molar-refractivity contribution >= 4 is 15.8 Å². The predicted octanol–water partition coefficient (Wildman–Crippen LogP) is 3.42. The first-order chi connectivity index (χ1) is 16.3. The van der Waals surface area contributed by atoms with E-state index >= 15 is 0 Å². The molecule has 1 atom stereocenters. The van der Waals surface area contributed by atoms with Gasteiger partial charge in [0, 0.05) is 32.0 Å². The summed E-state index contributed by atoms with van der Waals surface area (Å²) in [4.78, 5) is 15.2. The summed E-state index contributed by atoms with van der Waals surface area (Å²) in [5, 5.41) is 9.14. The molecule has 2 aromatic rings. The van der Waals surface area contributed by atoms with E-state index in [1.807, 2.05) is 24.3 Å². The van der Waals surface area contributed by atoms with Crippen molar-refractivity contribution in [2.45, 2.75) is 63.0 Å². The third kappa shape index (κ3) is 6.13. The van der Waals surface area contributed by atoms with Gasteiger partial charge in [0.15, 0.2) is 0 Å². The molecule has 2 heterocycles. The Hall–Kier alpha value is -2.06. The average molecular weight is 485 g/mol. The van der Waals surface area contributed by atoms with Crippen LogP contribution in [0.3, 0.4) is 0 Å². The van der Waals surface area contributed by atoms with Gasteiger partial charge in [0.2, 0.25) is 10.0 Å². The van der Waals surface area contributed by atoms with E-state index in [1.54, 1.807) is 28.6 Å². The minimum Gasteiger partial charge on any atom is -0.392 e. The topological polar surface area (TPSA) is 77.9 Å². The molecular formula is C27H36N2O4S. The Kier molecular flexibility index (Phi) is 8.19. The van der Waals surface area contributed by atoms with E-state index in [0.717, 1.165) is 55.1 Å². The number of benzene rings is 2. The summed E-state index contributed by atoms with van der Waals surface area (Å²) >= 11 is 0. The van der Waals surface area contributed by atoms with Gasteiger partial charge in [0.25, 0.3) is 0 Å². The van der Waals surface area contributed by atoms with Gasteiger partial charge in [-0.3, -0.25) is 4.79 Å². The van der Waals surface area contributed by atoms with E-state index in [4.69, 9.17) is 5.11 Å². The van der Waals surface area contributed by atoms with Gasteiger partial charge in [-0.15, -0.1) is 0 Å². The van der Waals surface area contributed by atoms with Crippen LogP contribution in [0.4, 0.5) is 0 Å². The minimum atomic E-state index is -3.55. The molecule has 2 aliphatic rings. The average Bonchev–Trinajstić information content (AvgIpc) is 3.30. The van der Waals surface area contributed by atoms with Crippen LogP contribution in [0.1, 0.15) is 49.3 Å². The van der Waals surface area contributed by atoms with Gasteiger partial charge >= 0.3 is 0 Å². The number of nitrogens with zero attached hydrogens (tertiary/aromatic N) is 2. The van der Waals surface area contributed by atoms with Crippen molar-refractivity contribution in [2.75, 3.05) is 26.2 Å². The molecule has 2 aliphatic heterocycles. The quantitative estimate of drug-likeness (QED) is 0.590. The number of carbonyl (C=O) groups excluding carboxylic acids is 1. The molecule has 0 amide bonds. The summed E-state index contributed by atoms with van der Waals surface area (Å²) in [7, 11) is -3.55. The maximum Gasteiger partial charge on any atom is 0.243 e. The summed E-state index contributed by atoms with van der Waals surface area (Å²) < 4.78 is 28.5. The van der Waals surface area contributed by atoms with Crippen LogP contribution in [-0.2, 0) is 34.3 Å². The van der Waals surface area contributed by atoms with Crippen LogP contribution < -0.4 is 0 Å². The van der Waals surface area contributed by atoms with Crippen LogP contribution in [0, 0.1) is 5.92 Å². The molecule has 34 heavy (non-hydrogen) atoms. The normalized spacial score (nSPS) is 20.6. The van der Waals surface area contributed by atoms with Gasteiger partial charge in [-0.2, -0.15) is 4.31 Å². The molecule has 6 nitrogen and oxygen atoms in total. The number of hydrogen-bond acceptors (Lipinski definition) is 5. The number of likely N-dealkylation sites (tertiary alicyclic amines) is 1. The maximum absolute atomic E-state index is 13.4. The number of rotatable bonds is 9. The van der Waals surface area contributed by atoms with E-state index in [-0.39, 0.29) is 24.9 Å². The van der Waals surface area contributed by atoms with E-state index in [9.17, 15) is 13.2 Å². The zero-order valence-electron chi connectivity index (χ0n) is 20.0. The van der Waals surface area contributed by atoms with Crippen molar-refractivity contribution in [2.24, 2.45) is 5.92 Å². The summed E-state index contributed by atoms with van der Waals surface area (Å²) in [5.41, 5.74) is 2.54. The number of aliphatic hydroxyl groups excluding tert-OH is 1. The van der Waals surface area contributed by atoms with E-state index < -0.39 is 10.0 Å². The molecule has 0 aliphatic carbocycles. The molecule has 0 aromatic heterocycles. The lowest BCUT2D eigenvalue weighted by atomic mass is 9.99. The lowest BCUT2D eigenvalue weighted by Crippen LogP contribution is -2.45.